The second-order valence-electron chi connectivity index (χ2n) is 11.9. The van der Waals surface area contributed by atoms with Gasteiger partial charge in [0.05, 0.1) is 31.0 Å². The average Bonchev–Trinajstić information content (AvgIpc) is 3.63. The van der Waals surface area contributed by atoms with Gasteiger partial charge in [-0.1, -0.05) is 88.4 Å². The first kappa shape index (κ1) is 35.1. The van der Waals surface area contributed by atoms with Crippen molar-refractivity contribution < 1.29 is 28.9 Å². The zero-order valence-corrected chi connectivity index (χ0v) is 28.0. The fourth-order valence-corrected chi connectivity index (χ4v) is 5.01. The monoisotopic (exact) mass is 662 g/mol. The number of hydrogen-bond acceptors (Lipinski definition) is 9. The largest absolute Gasteiger partial charge is 0.483 e. The Morgan fingerprint density at radius 3 is 2.49 bits per heavy atom. The maximum atomic E-state index is 12.8. The van der Waals surface area contributed by atoms with E-state index >= 15 is 0 Å². The number of ether oxygens (including phenoxy) is 3. The standard InChI is InChI=1S/C39H42N4O6/c1-28-14-18-34(19-15-28)47-37-22-21-35(20-17-31-10-6-4-7-11-31)48-38(37)27-46-39(45)23-16-29(2)41-49-30(3)36-25-43(42-40-36)33(26-44)24-32-12-8-5-9-13-32/h4-15,18-19,21-22,25,30,33,35,37-38,44H,16,23-24,26-27H2,1-3H3. The van der Waals surface area contributed by atoms with Crippen molar-refractivity contribution in [2.24, 2.45) is 5.16 Å². The van der Waals surface area contributed by atoms with E-state index in [0.29, 0.717) is 30.0 Å². The molecule has 3 aromatic carbocycles. The lowest BCUT2D eigenvalue weighted by molar-refractivity contribution is -0.151. The fourth-order valence-electron chi connectivity index (χ4n) is 5.01. The number of esters is 1. The van der Waals surface area contributed by atoms with Crippen molar-refractivity contribution in [3.8, 4) is 17.6 Å². The van der Waals surface area contributed by atoms with Gasteiger partial charge in [0, 0.05) is 5.56 Å². The average molecular weight is 663 g/mol. The molecule has 5 unspecified atom stereocenters. The molecule has 0 saturated heterocycles. The fraction of sp³-hybridized carbons (Fsp3) is 0.333. The van der Waals surface area contributed by atoms with Gasteiger partial charge in [-0.25, -0.2) is 4.68 Å². The van der Waals surface area contributed by atoms with E-state index in [9.17, 15) is 9.90 Å². The highest BCUT2D eigenvalue weighted by Gasteiger charge is 2.30. The Kier molecular flexibility index (Phi) is 12.7. The second kappa shape index (κ2) is 17.8. The molecule has 254 valence electrons. The molecule has 1 N–H and O–H groups in total. The summed E-state index contributed by atoms with van der Waals surface area (Å²) < 4.78 is 19.7. The number of nitrogens with zero attached hydrogens (tertiary/aromatic N) is 4. The SMILES string of the molecule is CC(CCC(=O)OCC1OC(C#Cc2ccccc2)C=CC1Oc1ccc(C)cc1)=NOC(C)c1cn(C(CO)Cc2ccccc2)nn1. The van der Waals surface area contributed by atoms with E-state index in [0.717, 1.165) is 16.7 Å². The lowest BCUT2D eigenvalue weighted by Gasteiger charge is -2.30. The van der Waals surface area contributed by atoms with Crippen LogP contribution in [0.4, 0.5) is 0 Å². The van der Waals surface area contributed by atoms with E-state index in [-0.39, 0.29) is 25.7 Å². The van der Waals surface area contributed by atoms with Gasteiger partial charge in [0.1, 0.15) is 36.4 Å². The molecule has 1 aliphatic rings. The summed E-state index contributed by atoms with van der Waals surface area (Å²) in [5, 5.41) is 22.5. The predicted molar refractivity (Wildman–Crippen MR) is 186 cm³/mol. The third-order valence-corrected chi connectivity index (χ3v) is 7.90. The molecular formula is C39H42N4O6. The van der Waals surface area contributed by atoms with E-state index in [1.54, 1.807) is 17.8 Å². The van der Waals surface area contributed by atoms with Crippen molar-refractivity contribution >= 4 is 11.7 Å². The van der Waals surface area contributed by atoms with Gasteiger partial charge < -0.3 is 24.2 Å². The molecule has 1 aromatic heterocycles. The summed E-state index contributed by atoms with van der Waals surface area (Å²) in [4.78, 5) is 18.4. The Morgan fingerprint density at radius 1 is 1.02 bits per heavy atom. The number of carbonyl (C=O) groups is 1. The zero-order valence-electron chi connectivity index (χ0n) is 28.0. The summed E-state index contributed by atoms with van der Waals surface area (Å²) in [6, 6.07) is 27.1. The summed E-state index contributed by atoms with van der Waals surface area (Å²) >= 11 is 0. The molecule has 0 spiro atoms. The van der Waals surface area contributed by atoms with Crippen molar-refractivity contribution in [3.05, 3.63) is 126 Å². The van der Waals surface area contributed by atoms with Gasteiger partial charge >= 0.3 is 5.97 Å². The van der Waals surface area contributed by atoms with Crippen LogP contribution in [-0.2, 0) is 25.5 Å². The molecule has 10 heteroatoms. The molecule has 0 bridgehead atoms. The molecule has 0 saturated carbocycles. The number of rotatable bonds is 14. The van der Waals surface area contributed by atoms with Crippen LogP contribution in [0.2, 0.25) is 0 Å². The van der Waals surface area contributed by atoms with Crippen molar-refractivity contribution in [3.63, 3.8) is 0 Å². The second-order valence-corrected chi connectivity index (χ2v) is 11.9. The number of hydrogen-bond donors (Lipinski definition) is 1. The number of carbonyl (C=O) groups excluding carboxylic acids is 1. The van der Waals surface area contributed by atoms with Crippen LogP contribution in [0.25, 0.3) is 0 Å². The first-order valence-corrected chi connectivity index (χ1v) is 16.4. The number of aliphatic hydroxyl groups is 1. The van der Waals surface area contributed by atoms with E-state index < -0.39 is 30.4 Å². The number of aromatic nitrogens is 3. The smallest absolute Gasteiger partial charge is 0.306 e. The Hall–Kier alpha value is -5.24. The molecule has 5 rings (SSSR count). The van der Waals surface area contributed by atoms with Crippen LogP contribution in [0.1, 0.15) is 61.2 Å². The lowest BCUT2D eigenvalue weighted by atomic mass is 10.1. The molecule has 49 heavy (non-hydrogen) atoms. The van der Waals surface area contributed by atoms with Crippen LogP contribution in [0.3, 0.4) is 0 Å². The van der Waals surface area contributed by atoms with Gasteiger partial charge in [-0.15, -0.1) is 5.10 Å². The Bertz CT molecular complexity index is 1740. The molecule has 0 amide bonds. The minimum Gasteiger partial charge on any atom is -0.483 e. The highest BCUT2D eigenvalue weighted by atomic mass is 16.6. The van der Waals surface area contributed by atoms with Crippen molar-refractivity contribution in [1.29, 1.82) is 0 Å². The molecule has 5 atom stereocenters. The van der Waals surface area contributed by atoms with Crippen LogP contribution >= 0.6 is 0 Å². The maximum Gasteiger partial charge on any atom is 0.306 e. The van der Waals surface area contributed by atoms with Crippen molar-refractivity contribution in [1.82, 2.24) is 15.0 Å². The number of aryl methyl sites for hydroxylation is 1. The molecule has 10 nitrogen and oxygen atoms in total. The minimum atomic E-state index is -0.559. The van der Waals surface area contributed by atoms with Crippen LogP contribution in [0, 0.1) is 18.8 Å². The topological polar surface area (TPSA) is 117 Å². The summed E-state index contributed by atoms with van der Waals surface area (Å²) in [6.45, 7) is 5.54. The van der Waals surface area contributed by atoms with Crippen LogP contribution in [-0.4, -0.2) is 63.3 Å². The van der Waals surface area contributed by atoms with E-state index in [1.807, 2.05) is 111 Å². The van der Waals surface area contributed by atoms with Gasteiger partial charge in [-0.05, 0) is 75.6 Å². The van der Waals surface area contributed by atoms with Crippen molar-refractivity contribution in [2.45, 2.75) is 70.5 Å². The minimum absolute atomic E-state index is 0.00169. The quantitative estimate of drug-likeness (QED) is 0.0578. The van der Waals surface area contributed by atoms with Crippen molar-refractivity contribution in [2.75, 3.05) is 13.2 Å². The van der Waals surface area contributed by atoms with E-state index in [2.05, 4.69) is 27.3 Å². The van der Waals surface area contributed by atoms with Crippen LogP contribution in [0.15, 0.2) is 108 Å². The van der Waals surface area contributed by atoms with E-state index in [1.165, 1.54) is 0 Å². The van der Waals surface area contributed by atoms with E-state index in [4.69, 9.17) is 19.0 Å². The molecule has 4 aromatic rings. The summed E-state index contributed by atoms with van der Waals surface area (Å²) in [6.07, 6.45) is 4.64. The first-order valence-electron chi connectivity index (χ1n) is 16.4. The normalized spacial score (nSPS) is 18.5. The third-order valence-electron chi connectivity index (χ3n) is 7.90. The Balaban J connectivity index is 1.11. The summed E-state index contributed by atoms with van der Waals surface area (Å²) in [5.74, 6) is 6.57. The number of benzene rings is 3. The molecule has 2 heterocycles. The molecular weight excluding hydrogens is 620 g/mol. The van der Waals surface area contributed by atoms with Crippen LogP contribution < -0.4 is 4.74 Å². The molecule has 0 aliphatic carbocycles. The Morgan fingerprint density at radius 2 is 1.76 bits per heavy atom. The van der Waals surface area contributed by atoms with Gasteiger partial charge in [0.2, 0.25) is 0 Å². The number of oxime groups is 1. The zero-order chi connectivity index (χ0) is 34.4. The summed E-state index contributed by atoms with van der Waals surface area (Å²) in [7, 11) is 0. The van der Waals surface area contributed by atoms with Gasteiger partial charge in [0.25, 0.3) is 0 Å². The molecule has 1 aliphatic heterocycles. The first-order chi connectivity index (χ1) is 23.9. The molecule has 0 radical (unpaired) electrons. The third kappa shape index (κ3) is 10.9. The highest BCUT2D eigenvalue weighted by molar-refractivity contribution is 5.85. The van der Waals surface area contributed by atoms with Gasteiger partial charge in [-0.2, -0.15) is 0 Å². The Labute approximate surface area is 287 Å². The molecule has 0 fully saturated rings. The highest BCUT2D eigenvalue weighted by Crippen LogP contribution is 2.22. The van der Waals surface area contributed by atoms with Gasteiger partial charge in [-0.3, -0.25) is 4.79 Å². The summed E-state index contributed by atoms with van der Waals surface area (Å²) in [5.41, 5.74) is 4.32. The number of aliphatic hydroxyl groups excluding tert-OH is 1. The van der Waals surface area contributed by atoms with Crippen LogP contribution in [0.5, 0.6) is 5.75 Å². The predicted octanol–water partition coefficient (Wildman–Crippen LogP) is 5.96. The maximum absolute atomic E-state index is 12.8. The van der Waals surface area contributed by atoms with Gasteiger partial charge in [0.15, 0.2) is 6.10 Å². The lowest BCUT2D eigenvalue weighted by Crippen LogP contribution is -2.42.